The van der Waals surface area contributed by atoms with Crippen LogP contribution in [-0.2, 0) is 22.5 Å². The summed E-state index contributed by atoms with van der Waals surface area (Å²) in [5.74, 6) is 2.17. The van der Waals surface area contributed by atoms with E-state index in [0.29, 0.717) is 19.0 Å². The minimum absolute atomic E-state index is 0.0807. The minimum Gasteiger partial charge on any atom is -0.379 e. The van der Waals surface area contributed by atoms with Gasteiger partial charge in [0.05, 0.1) is 25.6 Å². The maximum atomic E-state index is 11.7. The van der Waals surface area contributed by atoms with Crippen molar-refractivity contribution in [3.05, 3.63) is 30.1 Å². The van der Waals surface area contributed by atoms with Crippen molar-refractivity contribution in [3.63, 3.8) is 0 Å². The lowest BCUT2D eigenvalue weighted by Gasteiger charge is -2.34. The first-order valence-electron chi connectivity index (χ1n) is 9.70. The topological polar surface area (TPSA) is 101 Å². The van der Waals surface area contributed by atoms with Crippen LogP contribution in [0.4, 0.5) is 5.95 Å². The Bertz CT molecular complexity index is 782. The number of carbonyl (C=O) groups excluding carboxylic acids is 1. The normalized spacial score (nSPS) is 20.5. The summed E-state index contributed by atoms with van der Waals surface area (Å²) in [5.41, 5.74) is 0. The van der Waals surface area contributed by atoms with Crippen molar-refractivity contribution in [2.75, 3.05) is 51.3 Å². The number of rotatable bonds is 6. The Morgan fingerprint density at radius 3 is 2.71 bits per heavy atom. The highest BCUT2D eigenvalue weighted by Crippen LogP contribution is 2.21. The molecular weight excluding hydrogens is 360 g/mol. The van der Waals surface area contributed by atoms with E-state index in [-0.39, 0.29) is 18.4 Å². The molecule has 28 heavy (non-hydrogen) atoms. The molecule has 150 valence electrons. The third-order valence-corrected chi connectivity index (χ3v) is 5.17. The average Bonchev–Trinajstić information content (AvgIpc) is 3.39. The summed E-state index contributed by atoms with van der Waals surface area (Å²) in [7, 11) is 1.63. The number of amides is 1. The van der Waals surface area contributed by atoms with Gasteiger partial charge < -0.3 is 15.0 Å². The zero-order chi connectivity index (χ0) is 19.3. The number of carbonyl (C=O) groups is 1. The SMILES string of the molecule is CNC(=O)Cc1nc(CN2CCN(c3ncccn3)CC2)n(C2CCOC2)n1. The molecule has 0 aliphatic carbocycles. The fourth-order valence-corrected chi connectivity index (χ4v) is 3.59. The Hall–Kier alpha value is -2.59. The first-order chi connectivity index (χ1) is 13.7. The van der Waals surface area contributed by atoms with Gasteiger partial charge in [0, 0.05) is 52.2 Å². The summed E-state index contributed by atoms with van der Waals surface area (Å²) >= 11 is 0. The van der Waals surface area contributed by atoms with Crippen LogP contribution in [0.3, 0.4) is 0 Å². The molecule has 1 amide bonds. The Labute approximate surface area is 163 Å². The van der Waals surface area contributed by atoms with E-state index >= 15 is 0 Å². The standard InChI is InChI=1S/C18H26N8O2/c1-19-17(27)11-15-22-16(26(23-15)14-3-10-28-13-14)12-24-6-8-25(9-7-24)18-20-4-2-5-21-18/h2,4-5,14H,3,6-13H2,1H3,(H,19,27). The molecule has 4 heterocycles. The fraction of sp³-hybridized carbons (Fsp3) is 0.611. The number of anilines is 1. The summed E-state index contributed by atoms with van der Waals surface area (Å²) in [6.07, 6.45) is 4.67. The van der Waals surface area contributed by atoms with Crippen molar-refractivity contribution < 1.29 is 9.53 Å². The monoisotopic (exact) mass is 386 g/mol. The van der Waals surface area contributed by atoms with Crippen LogP contribution in [-0.4, -0.2) is 82.0 Å². The van der Waals surface area contributed by atoms with E-state index in [4.69, 9.17) is 4.74 Å². The second-order valence-corrected chi connectivity index (χ2v) is 7.07. The zero-order valence-corrected chi connectivity index (χ0v) is 16.1. The van der Waals surface area contributed by atoms with Gasteiger partial charge in [-0.15, -0.1) is 0 Å². The van der Waals surface area contributed by atoms with Crippen LogP contribution in [0.25, 0.3) is 0 Å². The van der Waals surface area contributed by atoms with E-state index in [1.54, 1.807) is 19.4 Å². The molecule has 2 fully saturated rings. The van der Waals surface area contributed by atoms with Gasteiger partial charge in [-0.1, -0.05) is 0 Å². The summed E-state index contributed by atoms with van der Waals surface area (Å²) in [4.78, 5) is 29.6. The minimum atomic E-state index is -0.0807. The molecule has 10 nitrogen and oxygen atoms in total. The first kappa shape index (κ1) is 18.8. The quantitative estimate of drug-likeness (QED) is 0.718. The highest BCUT2D eigenvalue weighted by atomic mass is 16.5. The van der Waals surface area contributed by atoms with Crippen molar-refractivity contribution in [2.24, 2.45) is 0 Å². The van der Waals surface area contributed by atoms with Crippen LogP contribution in [0.2, 0.25) is 0 Å². The molecule has 2 aliphatic rings. The molecule has 0 radical (unpaired) electrons. The van der Waals surface area contributed by atoms with Crippen molar-refractivity contribution in [1.29, 1.82) is 0 Å². The summed E-state index contributed by atoms with van der Waals surface area (Å²) in [6.45, 7) is 5.64. The second kappa shape index (κ2) is 8.61. The number of likely N-dealkylation sites (N-methyl/N-ethyl adjacent to an activating group) is 1. The van der Waals surface area contributed by atoms with E-state index in [1.165, 1.54) is 0 Å². The molecule has 0 spiro atoms. The van der Waals surface area contributed by atoms with Gasteiger partial charge in [-0.3, -0.25) is 9.69 Å². The summed E-state index contributed by atoms with van der Waals surface area (Å²) in [5, 5.41) is 7.25. The molecule has 4 rings (SSSR count). The molecule has 2 aliphatic heterocycles. The van der Waals surface area contributed by atoms with Gasteiger partial charge in [0.2, 0.25) is 11.9 Å². The third-order valence-electron chi connectivity index (χ3n) is 5.17. The fourth-order valence-electron chi connectivity index (χ4n) is 3.59. The van der Waals surface area contributed by atoms with E-state index in [1.807, 2.05) is 10.7 Å². The number of ether oxygens (including phenoxy) is 1. The lowest BCUT2D eigenvalue weighted by atomic mass is 10.2. The molecule has 1 N–H and O–H groups in total. The number of aromatic nitrogens is 5. The molecule has 10 heteroatoms. The van der Waals surface area contributed by atoms with Crippen molar-refractivity contribution in [2.45, 2.75) is 25.4 Å². The predicted molar refractivity (Wildman–Crippen MR) is 102 cm³/mol. The lowest BCUT2D eigenvalue weighted by Crippen LogP contribution is -2.46. The van der Waals surface area contributed by atoms with Gasteiger partial charge in [-0.25, -0.2) is 19.6 Å². The molecular formula is C18H26N8O2. The van der Waals surface area contributed by atoms with E-state index in [9.17, 15) is 4.79 Å². The van der Waals surface area contributed by atoms with Crippen LogP contribution < -0.4 is 10.2 Å². The molecule has 2 aromatic heterocycles. The molecule has 1 unspecified atom stereocenters. The number of nitrogens with zero attached hydrogens (tertiary/aromatic N) is 7. The molecule has 2 saturated heterocycles. The summed E-state index contributed by atoms with van der Waals surface area (Å²) in [6, 6.07) is 2.02. The summed E-state index contributed by atoms with van der Waals surface area (Å²) < 4.78 is 7.50. The maximum Gasteiger partial charge on any atom is 0.227 e. The lowest BCUT2D eigenvalue weighted by molar-refractivity contribution is -0.120. The average molecular weight is 386 g/mol. The van der Waals surface area contributed by atoms with Crippen LogP contribution in [0, 0.1) is 0 Å². The van der Waals surface area contributed by atoms with Gasteiger partial charge in [0.15, 0.2) is 5.82 Å². The molecule has 1 atom stereocenters. The zero-order valence-electron chi connectivity index (χ0n) is 16.1. The maximum absolute atomic E-state index is 11.7. The number of piperazine rings is 1. The van der Waals surface area contributed by atoms with Crippen LogP contribution in [0.5, 0.6) is 0 Å². The van der Waals surface area contributed by atoms with Gasteiger partial charge >= 0.3 is 0 Å². The van der Waals surface area contributed by atoms with E-state index < -0.39 is 0 Å². The highest BCUT2D eigenvalue weighted by molar-refractivity contribution is 5.77. The van der Waals surface area contributed by atoms with Crippen LogP contribution in [0.15, 0.2) is 18.5 Å². The van der Waals surface area contributed by atoms with Gasteiger partial charge in [0.25, 0.3) is 0 Å². The molecule has 0 aromatic carbocycles. The Balaban J connectivity index is 1.42. The largest absolute Gasteiger partial charge is 0.379 e. The van der Waals surface area contributed by atoms with Crippen molar-refractivity contribution in [3.8, 4) is 0 Å². The van der Waals surface area contributed by atoms with Crippen LogP contribution in [0.1, 0.15) is 24.1 Å². The third kappa shape index (κ3) is 4.28. The smallest absolute Gasteiger partial charge is 0.227 e. The van der Waals surface area contributed by atoms with Crippen molar-refractivity contribution in [1.82, 2.24) is 34.9 Å². The van der Waals surface area contributed by atoms with E-state index in [2.05, 4.69) is 35.2 Å². The number of hydrogen-bond acceptors (Lipinski definition) is 8. The van der Waals surface area contributed by atoms with Gasteiger partial charge in [-0.05, 0) is 12.5 Å². The van der Waals surface area contributed by atoms with E-state index in [0.717, 1.165) is 51.0 Å². The number of hydrogen-bond donors (Lipinski definition) is 1. The predicted octanol–water partition coefficient (Wildman–Crippen LogP) is -0.360. The highest BCUT2D eigenvalue weighted by Gasteiger charge is 2.26. The van der Waals surface area contributed by atoms with Gasteiger partial charge in [-0.2, -0.15) is 5.10 Å². The van der Waals surface area contributed by atoms with Gasteiger partial charge in [0.1, 0.15) is 5.82 Å². The molecule has 0 bridgehead atoms. The van der Waals surface area contributed by atoms with Crippen LogP contribution >= 0.6 is 0 Å². The Morgan fingerprint density at radius 2 is 2.04 bits per heavy atom. The Morgan fingerprint density at radius 1 is 1.25 bits per heavy atom. The number of nitrogens with one attached hydrogen (secondary N) is 1. The second-order valence-electron chi connectivity index (χ2n) is 7.07. The molecule has 0 saturated carbocycles. The molecule has 2 aromatic rings. The first-order valence-corrected chi connectivity index (χ1v) is 9.70. The Kier molecular flexibility index (Phi) is 5.77. The van der Waals surface area contributed by atoms with Crippen molar-refractivity contribution >= 4 is 11.9 Å².